The average Bonchev–Trinajstić information content (AvgIpc) is 3.12. The predicted molar refractivity (Wildman–Crippen MR) is 148 cm³/mol. The minimum atomic E-state index is -0.606. The minimum absolute atomic E-state index is 0.170. The highest BCUT2D eigenvalue weighted by Gasteiger charge is 2.29. The predicted octanol–water partition coefficient (Wildman–Crippen LogP) is 4.73. The summed E-state index contributed by atoms with van der Waals surface area (Å²) in [5, 5.41) is 0. The van der Waals surface area contributed by atoms with Gasteiger partial charge in [0, 0.05) is 40.2 Å². The Morgan fingerprint density at radius 2 is 1.62 bits per heavy atom. The summed E-state index contributed by atoms with van der Waals surface area (Å²) in [6.45, 7) is 10.4. The van der Waals surface area contributed by atoms with E-state index in [1.54, 1.807) is 29.0 Å². The second-order valence-electron chi connectivity index (χ2n) is 10.9. The minimum Gasteiger partial charge on any atom is -0.445 e. The molecule has 0 aromatic heterocycles. The zero-order valence-corrected chi connectivity index (χ0v) is 23.7. The van der Waals surface area contributed by atoms with Crippen molar-refractivity contribution in [1.29, 1.82) is 0 Å². The van der Waals surface area contributed by atoms with Crippen LogP contribution in [0, 0.1) is 0 Å². The molecule has 3 rings (SSSR count). The number of hydrogen-bond donors (Lipinski definition) is 0. The molecule has 0 N–H and O–H groups in total. The lowest BCUT2D eigenvalue weighted by Gasteiger charge is -2.34. The van der Waals surface area contributed by atoms with Gasteiger partial charge in [-0.3, -0.25) is 9.69 Å². The number of carbonyl (C=O) groups is 3. The zero-order valence-electron chi connectivity index (χ0n) is 23.7. The number of nitrogens with zero attached hydrogens (tertiary/aromatic N) is 3. The van der Waals surface area contributed by atoms with E-state index in [1.807, 2.05) is 63.2 Å². The van der Waals surface area contributed by atoms with Crippen molar-refractivity contribution in [3.63, 3.8) is 0 Å². The van der Waals surface area contributed by atoms with Crippen LogP contribution in [-0.4, -0.2) is 84.3 Å². The van der Waals surface area contributed by atoms with Gasteiger partial charge in [-0.15, -0.1) is 0 Å². The van der Waals surface area contributed by atoms with Gasteiger partial charge in [0.15, 0.2) is 0 Å². The van der Waals surface area contributed by atoms with Crippen molar-refractivity contribution in [3.8, 4) is 5.75 Å². The van der Waals surface area contributed by atoms with E-state index in [0.717, 1.165) is 24.1 Å². The summed E-state index contributed by atoms with van der Waals surface area (Å²) in [4.78, 5) is 42.6. The second-order valence-corrected chi connectivity index (χ2v) is 10.9. The van der Waals surface area contributed by atoms with E-state index < -0.39 is 5.60 Å². The van der Waals surface area contributed by atoms with E-state index in [1.165, 1.54) is 6.92 Å². The van der Waals surface area contributed by atoms with Crippen LogP contribution in [0.1, 0.15) is 45.2 Å². The van der Waals surface area contributed by atoms with Crippen LogP contribution in [0.2, 0.25) is 0 Å². The van der Waals surface area contributed by atoms with Crippen molar-refractivity contribution in [2.24, 2.45) is 0 Å². The highest BCUT2D eigenvalue weighted by atomic mass is 16.6. The molecule has 9 nitrogen and oxygen atoms in total. The van der Waals surface area contributed by atoms with Gasteiger partial charge >= 0.3 is 18.2 Å². The van der Waals surface area contributed by atoms with Crippen molar-refractivity contribution in [2.75, 3.05) is 39.8 Å². The molecule has 0 saturated carbocycles. The van der Waals surface area contributed by atoms with Crippen LogP contribution >= 0.6 is 0 Å². The van der Waals surface area contributed by atoms with Gasteiger partial charge in [0.05, 0.1) is 6.04 Å². The molecule has 9 heteroatoms. The fourth-order valence-electron chi connectivity index (χ4n) is 4.38. The molecule has 1 saturated heterocycles. The molecule has 1 heterocycles. The molecule has 1 unspecified atom stereocenters. The summed E-state index contributed by atoms with van der Waals surface area (Å²) >= 11 is 0. The Morgan fingerprint density at radius 1 is 0.923 bits per heavy atom. The van der Waals surface area contributed by atoms with Crippen LogP contribution in [0.5, 0.6) is 5.75 Å². The third kappa shape index (κ3) is 10.2. The molecule has 212 valence electrons. The first-order chi connectivity index (χ1) is 18.5. The summed E-state index contributed by atoms with van der Waals surface area (Å²) in [6.07, 6.45) is 0.705. The molecule has 1 atom stereocenters. The number of carbonyl (C=O) groups excluding carboxylic acids is 3. The van der Waals surface area contributed by atoms with E-state index in [-0.39, 0.29) is 30.8 Å². The van der Waals surface area contributed by atoms with Crippen molar-refractivity contribution in [2.45, 2.75) is 58.8 Å². The summed E-state index contributed by atoms with van der Waals surface area (Å²) in [5.74, 6) is 0.111. The molecule has 1 aliphatic rings. The van der Waals surface area contributed by atoms with Gasteiger partial charge in [-0.25, -0.2) is 9.59 Å². The monoisotopic (exact) mass is 539 g/mol. The maximum atomic E-state index is 13.0. The molecule has 2 amide bonds. The molecular formula is C30H41N3O6. The van der Waals surface area contributed by atoms with E-state index in [4.69, 9.17) is 14.2 Å². The van der Waals surface area contributed by atoms with Crippen LogP contribution in [0.25, 0.3) is 0 Å². The van der Waals surface area contributed by atoms with Crippen molar-refractivity contribution < 1.29 is 28.6 Å². The van der Waals surface area contributed by atoms with Gasteiger partial charge in [0.25, 0.3) is 0 Å². The number of hydrogen-bond acceptors (Lipinski definition) is 7. The lowest BCUT2D eigenvalue weighted by molar-refractivity contribution is -0.131. The van der Waals surface area contributed by atoms with Gasteiger partial charge < -0.3 is 24.0 Å². The first-order valence-electron chi connectivity index (χ1n) is 13.4. The van der Waals surface area contributed by atoms with Crippen LogP contribution in [-0.2, 0) is 27.3 Å². The molecule has 1 fully saturated rings. The molecule has 1 aliphatic heterocycles. The fraction of sp³-hybridized carbons (Fsp3) is 0.500. The smallest absolute Gasteiger partial charge is 0.410 e. The van der Waals surface area contributed by atoms with Gasteiger partial charge in [-0.05, 0) is 63.4 Å². The third-order valence-corrected chi connectivity index (χ3v) is 6.41. The van der Waals surface area contributed by atoms with Crippen molar-refractivity contribution in [3.05, 3.63) is 65.7 Å². The van der Waals surface area contributed by atoms with Crippen LogP contribution in [0.15, 0.2) is 54.6 Å². The Hall–Kier alpha value is -3.59. The Balaban J connectivity index is 1.63. The van der Waals surface area contributed by atoms with E-state index in [2.05, 4.69) is 4.90 Å². The summed E-state index contributed by atoms with van der Waals surface area (Å²) in [7, 11) is 1.76. The number of ether oxygens (including phenoxy) is 3. The SMILES string of the molecule is CC(=O)Oc1ccc(CC(CN2CCCN(C(=O)OCc3ccccc3)CC2)N(C)C(=O)OC(C)(C)C)cc1. The second kappa shape index (κ2) is 14.0. The lowest BCUT2D eigenvalue weighted by atomic mass is 10.0. The Labute approximate surface area is 231 Å². The molecule has 0 aliphatic carbocycles. The van der Waals surface area contributed by atoms with E-state index >= 15 is 0 Å². The van der Waals surface area contributed by atoms with Crippen LogP contribution in [0.4, 0.5) is 9.59 Å². The summed E-state index contributed by atoms with van der Waals surface area (Å²) < 4.78 is 16.3. The van der Waals surface area contributed by atoms with E-state index in [0.29, 0.717) is 38.3 Å². The average molecular weight is 540 g/mol. The number of benzene rings is 2. The molecular weight excluding hydrogens is 498 g/mol. The van der Waals surface area contributed by atoms with Gasteiger partial charge in [0.1, 0.15) is 18.0 Å². The van der Waals surface area contributed by atoms with Gasteiger partial charge in [-0.1, -0.05) is 42.5 Å². The highest BCUT2D eigenvalue weighted by molar-refractivity contribution is 5.69. The molecule has 0 radical (unpaired) electrons. The number of rotatable bonds is 8. The number of esters is 1. The Morgan fingerprint density at radius 3 is 2.26 bits per heavy atom. The van der Waals surface area contributed by atoms with Crippen LogP contribution < -0.4 is 4.74 Å². The van der Waals surface area contributed by atoms with E-state index in [9.17, 15) is 14.4 Å². The van der Waals surface area contributed by atoms with Gasteiger partial charge in [0.2, 0.25) is 0 Å². The number of likely N-dealkylation sites (N-methyl/N-ethyl adjacent to an activating group) is 1. The Kier molecular flexibility index (Phi) is 10.7. The van der Waals surface area contributed by atoms with Gasteiger partial charge in [-0.2, -0.15) is 0 Å². The highest BCUT2D eigenvalue weighted by Crippen LogP contribution is 2.19. The number of amides is 2. The molecule has 2 aromatic rings. The zero-order chi connectivity index (χ0) is 28.4. The maximum absolute atomic E-state index is 13.0. The lowest BCUT2D eigenvalue weighted by Crippen LogP contribution is -2.48. The largest absolute Gasteiger partial charge is 0.445 e. The fourth-order valence-corrected chi connectivity index (χ4v) is 4.38. The molecule has 2 aromatic carbocycles. The Bertz CT molecular complexity index is 1080. The summed E-state index contributed by atoms with van der Waals surface area (Å²) in [5.41, 5.74) is 1.36. The maximum Gasteiger partial charge on any atom is 0.410 e. The molecule has 0 spiro atoms. The first-order valence-corrected chi connectivity index (χ1v) is 13.4. The van der Waals surface area contributed by atoms with Crippen LogP contribution in [0.3, 0.4) is 0 Å². The normalized spacial score (nSPS) is 15.2. The third-order valence-electron chi connectivity index (χ3n) is 6.41. The topological polar surface area (TPSA) is 88.6 Å². The van der Waals surface area contributed by atoms with Crippen molar-refractivity contribution >= 4 is 18.2 Å². The summed E-state index contributed by atoms with van der Waals surface area (Å²) in [6, 6.07) is 16.8. The molecule has 39 heavy (non-hydrogen) atoms. The standard InChI is InChI=1S/C30H41N3O6/c1-23(34)38-27-14-12-24(13-15-27)20-26(31(5)28(35)39-30(2,3)4)21-32-16-9-17-33(19-18-32)29(36)37-22-25-10-7-6-8-11-25/h6-8,10-15,26H,9,16-22H2,1-5H3. The van der Waals surface area contributed by atoms with Crippen molar-refractivity contribution in [1.82, 2.24) is 14.7 Å². The molecule has 0 bridgehead atoms. The quantitative estimate of drug-likeness (QED) is 0.354. The first kappa shape index (κ1) is 30.0.